The first kappa shape index (κ1) is 13.4. The Morgan fingerprint density at radius 1 is 1.39 bits per heavy atom. The van der Waals surface area contributed by atoms with Gasteiger partial charge in [0.25, 0.3) is 0 Å². The lowest BCUT2D eigenvalue weighted by molar-refractivity contribution is -0.120. The van der Waals surface area contributed by atoms with E-state index in [4.69, 9.17) is 5.73 Å². The van der Waals surface area contributed by atoms with Gasteiger partial charge in [-0.15, -0.1) is 10.2 Å². The topological polar surface area (TPSA) is 80.9 Å². The van der Waals surface area contributed by atoms with E-state index >= 15 is 0 Å². The molecule has 1 aliphatic carbocycles. The van der Waals surface area contributed by atoms with Crippen molar-refractivity contribution in [3.8, 4) is 0 Å². The lowest BCUT2D eigenvalue weighted by atomic mass is 9.95. The van der Waals surface area contributed by atoms with Crippen LogP contribution >= 0.6 is 11.3 Å². The maximum Gasteiger partial charge on any atom is 0.230 e. The molecule has 1 aromatic rings. The second kappa shape index (κ2) is 6.24. The van der Waals surface area contributed by atoms with Gasteiger partial charge in [-0.1, -0.05) is 37.5 Å². The van der Waals surface area contributed by atoms with E-state index in [1.165, 1.54) is 17.8 Å². The van der Waals surface area contributed by atoms with E-state index in [-0.39, 0.29) is 17.9 Å². The maximum atomic E-state index is 12.2. The predicted molar refractivity (Wildman–Crippen MR) is 72.5 cm³/mol. The van der Waals surface area contributed by atoms with Gasteiger partial charge in [0.05, 0.1) is 5.92 Å². The lowest BCUT2D eigenvalue weighted by Gasteiger charge is -2.19. The fourth-order valence-electron chi connectivity index (χ4n) is 2.31. The molecular formula is C12H20N4OS. The molecule has 2 unspecified atom stereocenters. The quantitative estimate of drug-likeness (QED) is 0.821. The average molecular weight is 268 g/mol. The summed E-state index contributed by atoms with van der Waals surface area (Å²) >= 11 is 1.44. The van der Waals surface area contributed by atoms with Crippen molar-refractivity contribution in [2.45, 2.75) is 51.5 Å². The summed E-state index contributed by atoms with van der Waals surface area (Å²) in [5.74, 6) is -0.0790. The van der Waals surface area contributed by atoms with Gasteiger partial charge in [0, 0.05) is 6.04 Å². The van der Waals surface area contributed by atoms with E-state index in [0.29, 0.717) is 5.13 Å². The summed E-state index contributed by atoms with van der Waals surface area (Å²) in [5.41, 5.74) is 6.07. The van der Waals surface area contributed by atoms with Crippen LogP contribution in [0.3, 0.4) is 0 Å². The van der Waals surface area contributed by atoms with Crippen molar-refractivity contribution in [1.29, 1.82) is 0 Å². The zero-order valence-corrected chi connectivity index (χ0v) is 11.5. The molecule has 0 saturated heterocycles. The Labute approximate surface area is 111 Å². The molecule has 0 radical (unpaired) electrons. The third kappa shape index (κ3) is 3.26. The monoisotopic (exact) mass is 268 g/mol. The molecular weight excluding hydrogens is 248 g/mol. The fourth-order valence-corrected chi connectivity index (χ4v) is 2.99. The number of aryl methyl sites for hydroxylation is 1. The number of amides is 1. The van der Waals surface area contributed by atoms with E-state index in [1.54, 1.807) is 0 Å². The molecule has 1 fully saturated rings. The van der Waals surface area contributed by atoms with Crippen molar-refractivity contribution >= 4 is 22.4 Å². The van der Waals surface area contributed by atoms with Crippen LogP contribution in [0.2, 0.25) is 0 Å². The standard InChI is InChI=1S/C12H20N4OS/c1-2-10-15-16-12(18-10)14-11(17)8-6-4-3-5-7-9(8)13/h8-9H,2-7,13H2,1H3,(H,14,16,17). The Bertz CT molecular complexity index is 407. The molecule has 1 aromatic heterocycles. The highest BCUT2D eigenvalue weighted by atomic mass is 32.1. The maximum absolute atomic E-state index is 12.2. The van der Waals surface area contributed by atoms with Crippen molar-refractivity contribution < 1.29 is 4.79 Å². The smallest absolute Gasteiger partial charge is 0.230 e. The molecule has 0 aromatic carbocycles. The average Bonchev–Trinajstić information content (AvgIpc) is 2.69. The van der Waals surface area contributed by atoms with Crippen molar-refractivity contribution in [1.82, 2.24) is 10.2 Å². The van der Waals surface area contributed by atoms with Gasteiger partial charge in [-0.05, 0) is 19.3 Å². The zero-order valence-electron chi connectivity index (χ0n) is 10.7. The normalized spacial score (nSPS) is 24.6. The van der Waals surface area contributed by atoms with Gasteiger partial charge in [0.1, 0.15) is 5.01 Å². The minimum atomic E-state index is -0.0820. The number of nitrogens with one attached hydrogen (secondary N) is 1. The molecule has 18 heavy (non-hydrogen) atoms. The molecule has 1 aliphatic rings. The van der Waals surface area contributed by atoms with E-state index in [2.05, 4.69) is 15.5 Å². The van der Waals surface area contributed by atoms with Crippen molar-refractivity contribution in [3.63, 3.8) is 0 Å². The summed E-state index contributed by atoms with van der Waals surface area (Å²) in [6.07, 6.45) is 6.06. The summed E-state index contributed by atoms with van der Waals surface area (Å²) in [5, 5.41) is 12.3. The summed E-state index contributed by atoms with van der Waals surface area (Å²) in [6.45, 7) is 2.02. The largest absolute Gasteiger partial charge is 0.327 e. The summed E-state index contributed by atoms with van der Waals surface area (Å²) in [4.78, 5) is 12.2. The van der Waals surface area contributed by atoms with Gasteiger partial charge in [-0.2, -0.15) is 0 Å². The Balaban J connectivity index is 1.97. The number of carbonyl (C=O) groups excluding carboxylic acids is 1. The molecule has 6 heteroatoms. The number of nitrogens with two attached hydrogens (primary N) is 1. The van der Waals surface area contributed by atoms with Crippen LogP contribution in [0.25, 0.3) is 0 Å². The fraction of sp³-hybridized carbons (Fsp3) is 0.750. The van der Waals surface area contributed by atoms with Crippen molar-refractivity contribution in [2.24, 2.45) is 11.7 Å². The van der Waals surface area contributed by atoms with Crippen LogP contribution in [0.15, 0.2) is 0 Å². The molecule has 0 bridgehead atoms. The van der Waals surface area contributed by atoms with E-state index in [0.717, 1.165) is 37.1 Å². The van der Waals surface area contributed by atoms with E-state index < -0.39 is 0 Å². The number of anilines is 1. The molecule has 0 spiro atoms. The number of nitrogens with zero attached hydrogens (tertiary/aromatic N) is 2. The molecule has 1 heterocycles. The van der Waals surface area contributed by atoms with Crippen LogP contribution < -0.4 is 11.1 Å². The van der Waals surface area contributed by atoms with Crippen LogP contribution in [0.4, 0.5) is 5.13 Å². The molecule has 5 nitrogen and oxygen atoms in total. The molecule has 0 aliphatic heterocycles. The Morgan fingerprint density at radius 3 is 2.89 bits per heavy atom. The minimum absolute atomic E-state index is 0.00297. The Kier molecular flexibility index (Phi) is 4.66. The lowest BCUT2D eigenvalue weighted by Crippen LogP contribution is -2.37. The van der Waals surface area contributed by atoms with Gasteiger partial charge in [0.15, 0.2) is 0 Å². The van der Waals surface area contributed by atoms with Crippen molar-refractivity contribution in [3.05, 3.63) is 5.01 Å². The number of hydrogen-bond donors (Lipinski definition) is 2. The second-order valence-electron chi connectivity index (χ2n) is 4.75. The van der Waals surface area contributed by atoms with Gasteiger partial charge in [-0.25, -0.2) is 0 Å². The molecule has 2 rings (SSSR count). The first-order valence-corrected chi connectivity index (χ1v) is 7.41. The van der Waals surface area contributed by atoms with Crippen LogP contribution in [0.1, 0.15) is 44.0 Å². The van der Waals surface area contributed by atoms with Crippen LogP contribution in [0.5, 0.6) is 0 Å². The molecule has 100 valence electrons. The van der Waals surface area contributed by atoms with Crippen LogP contribution in [0, 0.1) is 5.92 Å². The number of aromatic nitrogens is 2. The zero-order chi connectivity index (χ0) is 13.0. The van der Waals surface area contributed by atoms with Crippen LogP contribution in [-0.2, 0) is 11.2 Å². The highest BCUT2D eigenvalue weighted by Gasteiger charge is 2.27. The van der Waals surface area contributed by atoms with E-state index in [9.17, 15) is 4.79 Å². The van der Waals surface area contributed by atoms with Gasteiger partial charge in [0.2, 0.25) is 11.0 Å². The summed E-state index contributed by atoms with van der Waals surface area (Å²) < 4.78 is 0. The van der Waals surface area contributed by atoms with E-state index in [1.807, 2.05) is 6.92 Å². The first-order valence-electron chi connectivity index (χ1n) is 6.59. The number of carbonyl (C=O) groups is 1. The third-order valence-corrected chi connectivity index (χ3v) is 4.39. The summed E-state index contributed by atoms with van der Waals surface area (Å²) in [7, 11) is 0. The molecule has 1 amide bonds. The Hall–Kier alpha value is -1.01. The third-order valence-electron chi connectivity index (χ3n) is 3.41. The summed E-state index contributed by atoms with van der Waals surface area (Å²) in [6, 6.07) is -0.0222. The highest BCUT2D eigenvalue weighted by molar-refractivity contribution is 7.15. The van der Waals surface area contributed by atoms with Gasteiger partial charge < -0.3 is 11.1 Å². The predicted octanol–water partition coefficient (Wildman–Crippen LogP) is 1.95. The highest BCUT2D eigenvalue weighted by Crippen LogP contribution is 2.24. The second-order valence-corrected chi connectivity index (χ2v) is 5.81. The first-order chi connectivity index (χ1) is 8.70. The molecule has 1 saturated carbocycles. The van der Waals surface area contributed by atoms with Crippen LogP contribution in [-0.4, -0.2) is 22.1 Å². The SMILES string of the molecule is CCc1nnc(NC(=O)C2CCCCCC2N)s1. The number of hydrogen-bond acceptors (Lipinski definition) is 5. The molecule has 2 atom stereocenters. The van der Waals surface area contributed by atoms with Gasteiger partial charge >= 0.3 is 0 Å². The Morgan fingerprint density at radius 2 is 2.17 bits per heavy atom. The van der Waals surface area contributed by atoms with Gasteiger partial charge in [-0.3, -0.25) is 4.79 Å². The van der Waals surface area contributed by atoms with Crippen molar-refractivity contribution in [2.75, 3.05) is 5.32 Å². The molecule has 3 N–H and O–H groups in total. The minimum Gasteiger partial charge on any atom is -0.327 e. The number of rotatable bonds is 3.